The molecule has 0 spiro atoms. The van der Waals surface area contributed by atoms with E-state index < -0.39 is 28.0 Å². The molecule has 0 radical (unpaired) electrons. The third-order valence-electron chi connectivity index (χ3n) is 2.80. The van der Waals surface area contributed by atoms with Crippen molar-refractivity contribution in [2.45, 2.75) is 6.54 Å². The number of halogens is 2. The van der Waals surface area contributed by atoms with Crippen molar-refractivity contribution in [3.8, 4) is 0 Å². The zero-order valence-corrected chi connectivity index (χ0v) is 10.7. The Labute approximate surface area is 118 Å². The van der Waals surface area contributed by atoms with Crippen LogP contribution in [-0.2, 0) is 6.54 Å². The quantitative estimate of drug-likeness (QED) is 0.695. The van der Waals surface area contributed by atoms with Gasteiger partial charge in [-0.15, -0.1) is 0 Å². The van der Waals surface area contributed by atoms with Gasteiger partial charge >= 0.3 is 0 Å². The Hall–Kier alpha value is -2.83. The molecule has 0 aromatic heterocycles. The minimum atomic E-state index is -1.21. The highest BCUT2D eigenvalue weighted by atomic mass is 19.2. The predicted molar refractivity (Wildman–Crippen MR) is 70.6 cm³/mol. The van der Waals surface area contributed by atoms with Gasteiger partial charge < -0.3 is 5.32 Å². The summed E-state index contributed by atoms with van der Waals surface area (Å²) in [5.74, 6) is -3.07. The lowest BCUT2D eigenvalue weighted by atomic mass is 10.1. The number of carbonyl (C=O) groups excluding carboxylic acids is 1. The zero-order valence-electron chi connectivity index (χ0n) is 10.7. The molecule has 2 rings (SSSR count). The SMILES string of the molecule is O=C(NCc1ccc([N+](=O)[O-])cc1)c1cccc(F)c1F. The standard InChI is InChI=1S/C14H10F2N2O3/c15-12-3-1-2-11(13(12)16)14(19)17-8-9-4-6-10(7-5-9)18(20)21/h1-7H,8H2,(H,17,19). The Morgan fingerprint density at radius 3 is 2.43 bits per heavy atom. The lowest BCUT2D eigenvalue weighted by molar-refractivity contribution is -0.384. The summed E-state index contributed by atoms with van der Waals surface area (Å²) < 4.78 is 26.4. The first-order chi connectivity index (χ1) is 9.99. The molecule has 0 heterocycles. The summed E-state index contributed by atoms with van der Waals surface area (Å²) in [5, 5.41) is 12.9. The zero-order chi connectivity index (χ0) is 15.4. The monoisotopic (exact) mass is 292 g/mol. The minimum Gasteiger partial charge on any atom is -0.348 e. The number of rotatable bonds is 4. The Kier molecular flexibility index (Phi) is 4.22. The normalized spacial score (nSPS) is 10.2. The van der Waals surface area contributed by atoms with E-state index in [0.29, 0.717) is 5.56 Å². The molecule has 21 heavy (non-hydrogen) atoms. The topological polar surface area (TPSA) is 72.2 Å². The van der Waals surface area contributed by atoms with Crippen molar-refractivity contribution in [1.82, 2.24) is 5.32 Å². The fraction of sp³-hybridized carbons (Fsp3) is 0.0714. The number of nitro groups is 1. The van der Waals surface area contributed by atoms with Crippen LogP contribution >= 0.6 is 0 Å². The van der Waals surface area contributed by atoms with Crippen LogP contribution in [0.3, 0.4) is 0 Å². The van der Waals surface area contributed by atoms with Crippen LogP contribution in [0.1, 0.15) is 15.9 Å². The maximum atomic E-state index is 13.4. The molecule has 0 fully saturated rings. The smallest absolute Gasteiger partial charge is 0.269 e. The molecule has 0 saturated heterocycles. The summed E-state index contributed by atoms with van der Waals surface area (Å²) in [6, 6.07) is 8.86. The van der Waals surface area contributed by atoms with Gasteiger partial charge in [0, 0.05) is 18.7 Å². The van der Waals surface area contributed by atoms with Gasteiger partial charge in [-0.1, -0.05) is 18.2 Å². The molecule has 5 nitrogen and oxygen atoms in total. The van der Waals surface area contributed by atoms with E-state index >= 15 is 0 Å². The predicted octanol–water partition coefficient (Wildman–Crippen LogP) is 2.80. The third kappa shape index (κ3) is 3.38. The van der Waals surface area contributed by atoms with E-state index in [4.69, 9.17) is 0 Å². The first kappa shape index (κ1) is 14.6. The number of nitrogens with one attached hydrogen (secondary N) is 1. The van der Waals surface area contributed by atoms with E-state index in [2.05, 4.69) is 5.32 Å². The number of nitrogens with zero attached hydrogens (tertiary/aromatic N) is 1. The van der Waals surface area contributed by atoms with E-state index in [9.17, 15) is 23.7 Å². The summed E-state index contributed by atoms with van der Waals surface area (Å²) in [5.41, 5.74) is 0.143. The van der Waals surface area contributed by atoms with Crippen LogP contribution in [0.4, 0.5) is 14.5 Å². The number of hydrogen-bond acceptors (Lipinski definition) is 3. The van der Waals surface area contributed by atoms with Crippen LogP contribution in [0.2, 0.25) is 0 Å². The van der Waals surface area contributed by atoms with Crippen LogP contribution in [0, 0.1) is 21.7 Å². The maximum Gasteiger partial charge on any atom is 0.269 e. The van der Waals surface area contributed by atoms with Gasteiger partial charge in [0.25, 0.3) is 11.6 Å². The Morgan fingerprint density at radius 2 is 1.81 bits per heavy atom. The van der Waals surface area contributed by atoms with Crippen molar-refractivity contribution in [3.05, 3.63) is 75.3 Å². The molecule has 0 unspecified atom stereocenters. The summed E-state index contributed by atoms with van der Waals surface area (Å²) in [4.78, 5) is 21.7. The molecular formula is C14H10F2N2O3. The number of non-ortho nitro benzene ring substituents is 1. The van der Waals surface area contributed by atoms with Crippen molar-refractivity contribution >= 4 is 11.6 Å². The Morgan fingerprint density at radius 1 is 1.14 bits per heavy atom. The molecule has 2 aromatic rings. The first-order valence-electron chi connectivity index (χ1n) is 5.94. The Balaban J connectivity index is 2.04. The van der Waals surface area contributed by atoms with E-state index in [0.717, 1.165) is 6.07 Å². The highest BCUT2D eigenvalue weighted by Crippen LogP contribution is 2.13. The average Bonchev–Trinajstić information content (AvgIpc) is 2.48. The molecule has 2 aromatic carbocycles. The number of benzene rings is 2. The molecule has 7 heteroatoms. The van der Waals surface area contributed by atoms with Gasteiger partial charge in [-0.3, -0.25) is 14.9 Å². The first-order valence-corrected chi connectivity index (χ1v) is 5.94. The summed E-state index contributed by atoms with van der Waals surface area (Å²) in [6.07, 6.45) is 0. The van der Waals surface area contributed by atoms with Crippen molar-refractivity contribution in [2.24, 2.45) is 0 Å². The van der Waals surface area contributed by atoms with Crippen molar-refractivity contribution < 1.29 is 18.5 Å². The molecule has 0 bridgehead atoms. The lowest BCUT2D eigenvalue weighted by Crippen LogP contribution is -2.24. The highest BCUT2D eigenvalue weighted by molar-refractivity contribution is 5.94. The van der Waals surface area contributed by atoms with Crippen LogP contribution in [0.5, 0.6) is 0 Å². The van der Waals surface area contributed by atoms with E-state index in [-0.39, 0.29) is 12.2 Å². The average molecular weight is 292 g/mol. The lowest BCUT2D eigenvalue weighted by Gasteiger charge is -2.06. The highest BCUT2D eigenvalue weighted by Gasteiger charge is 2.14. The largest absolute Gasteiger partial charge is 0.348 e. The molecule has 0 saturated carbocycles. The van der Waals surface area contributed by atoms with Crippen LogP contribution in [0.15, 0.2) is 42.5 Å². The second-order valence-corrected chi connectivity index (χ2v) is 4.21. The number of amides is 1. The molecule has 0 atom stereocenters. The van der Waals surface area contributed by atoms with Gasteiger partial charge in [-0.05, 0) is 17.7 Å². The van der Waals surface area contributed by atoms with Crippen molar-refractivity contribution in [3.63, 3.8) is 0 Å². The van der Waals surface area contributed by atoms with E-state index in [1.807, 2.05) is 0 Å². The van der Waals surface area contributed by atoms with Crippen LogP contribution in [0.25, 0.3) is 0 Å². The molecular weight excluding hydrogens is 282 g/mol. The summed E-state index contributed by atoms with van der Waals surface area (Å²) in [6.45, 7) is 0.0484. The van der Waals surface area contributed by atoms with Crippen LogP contribution in [-0.4, -0.2) is 10.8 Å². The van der Waals surface area contributed by atoms with Gasteiger partial charge in [0.05, 0.1) is 10.5 Å². The van der Waals surface area contributed by atoms with Crippen LogP contribution < -0.4 is 5.32 Å². The van der Waals surface area contributed by atoms with Gasteiger partial charge in [-0.25, -0.2) is 8.78 Å². The number of hydrogen-bond donors (Lipinski definition) is 1. The van der Waals surface area contributed by atoms with Gasteiger partial charge in [-0.2, -0.15) is 0 Å². The number of nitro benzene ring substituents is 1. The molecule has 108 valence electrons. The third-order valence-corrected chi connectivity index (χ3v) is 2.80. The van der Waals surface area contributed by atoms with Gasteiger partial charge in [0.15, 0.2) is 11.6 Å². The summed E-state index contributed by atoms with van der Waals surface area (Å²) >= 11 is 0. The second-order valence-electron chi connectivity index (χ2n) is 4.21. The molecule has 0 aliphatic heterocycles. The fourth-order valence-corrected chi connectivity index (χ4v) is 1.69. The maximum absolute atomic E-state index is 13.4. The molecule has 1 N–H and O–H groups in total. The van der Waals surface area contributed by atoms with Crippen molar-refractivity contribution in [1.29, 1.82) is 0 Å². The van der Waals surface area contributed by atoms with Crippen molar-refractivity contribution in [2.75, 3.05) is 0 Å². The molecule has 1 amide bonds. The second kappa shape index (κ2) is 6.08. The summed E-state index contributed by atoms with van der Waals surface area (Å²) in [7, 11) is 0. The minimum absolute atomic E-state index is 0.0484. The molecule has 0 aliphatic rings. The Bertz CT molecular complexity index is 687. The molecule has 0 aliphatic carbocycles. The van der Waals surface area contributed by atoms with E-state index in [1.165, 1.54) is 36.4 Å². The van der Waals surface area contributed by atoms with Gasteiger partial charge in [0.1, 0.15) is 0 Å². The fourth-order valence-electron chi connectivity index (χ4n) is 1.69. The number of carbonyl (C=O) groups is 1. The van der Waals surface area contributed by atoms with Gasteiger partial charge in [0.2, 0.25) is 0 Å². The van der Waals surface area contributed by atoms with E-state index in [1.54, 1.807) is 0 Å².